The van der Waals surface area contributed by atoms with Crippen LogP contribution in [0.15, 0.2) is 42.6 Å². The van der Waals surface area contributed by atoms with Crippen molar-refractivity contribution in [3.8, 4) is 0 Å². The molecular formula is C16H16N2O. The molecule has 0 saturated heterocycles. The van der Waals surface area contributed by atoms with Gasteiger partial charge in [-0.05, 0) is 44.0 Å². The molecule has 1 aliphatic rings. The molecule has 1 unspecified atom stereocenters. The molecule has 1 atom stereocenters. The van der Waals surface area contributed by atoms with Crippen molar-refractivity contribution in [1.29, 1.82) is 0 Å². The van der Waals surface area contributed by atoms with Crippen LogP contribution in [0.2, 0.25) is 0 Å². The quantitative estimate of drug-likeness (QED) is 0.768. The molecule has 96 valence electrons. The van der Waals surface area contributed by atoms with Gasteiger partial charge in [-0.2, -0.15) is 0 Å². The van der Waals surface area contributed by atoms with Gasteiger partial charge in [0, 0.05) is 23.5 Å². The molecule has 2 heterocycles. The highest BCUT2D eigenvalue weighted by molar-refractivity contribution is 5.94. The fourth-order valence-electron chi connectivity index (χ4n) is 2.65. The van der Waals surface area contributed by atoms with E-state index in [9.17, 15) is 4.79 Å². The number of pyridine rings is 1. The summed E-state index contributed by atoms with van der Waals surface area (Å²) < 4.78 is 0. The Morgan fingerprint density at radius 3 is 2.74 bits per heavy atom. The topological polar surface area (TPSA) is 33.2 Å². The lowest BCUT2D eigenvalue weighted by molar-refractivity contribution is 0.101. The molecular weight excluding hydrogens is 236 g/mol. The van der Waals surface area contributed by atoms with Crippen molar-refractivity contribution < 1.29 is 4.79 Å². The molecule has 1 aromatic carbocycles. The molecule has 0 saturated carbocycles. The number of carbonyl (C=O) groups excluding carboxylic acids is 1. The lowest BCUT2D eigenvalue weighted by Gasteiger charge is -2.23. The minimum atomic E-state index is 0.0499. The summed E-state index contributed by atoms with van der Waals surface area (Å²) in [6, 6.07) is 12.6. The van der Waals surface area contributed by atoms with Gasteiger partial charge in [-0.3, -0.25) is 4.79 Å². The minimum Gasteiger partial charge on any atom is -0.323 e. The molecule has 1 aromatic heterocycles. The third-order valence-corrected chi connectivity index (χ3v) is 3.61. The van der Waals surface area contributed by atoms with E-state index in [1.54, 1.807) is 13.1 Å². The summed E-state index contributed by atoms with van der Waals surface area (Å²) >= 11 is 0. The largest absolute Gasteiger partial charge is 0.323 e. The second-order valence-corrected chi connectivity index (χ2v) is 5.01. The predicted octanol–water partition coefficient (Wildman–Crippen LogP) is 3.37. The number of anilines is 2. The average Bonchev–Trinajstić information content (AvgIpc) is 2.74. The second-order valence-electron chi connectivity index (χ2n) is 5.01. The maximum Gasteiger partial charge on any atom is 0.161 e. The maximum atomic E-state index is 11.3. The summed E-state index contributed by atoms with van der Waals surface area (Å²) in [5.41, 5.74) is 3.23. The van der Waals surface area contributed by atoms with Crippen LogP contribution in [0.25, 0.3) is 0 Å². The lowest BCUT2D eigenvalue weighted by Crippen LogP contribution is -2.24. The molecule has 0 amide bonds. The number of aromatic nitrogens is 1. The van der Waals surface area contributed by atoms with Gasteiger partial charge in [-0.15, -0.1) is 0 Å². The Hall–Kier alpha value is -2.16. The predicted molar refractivity (Wildman–Crippen MR) is 76.0 cm³/mol. The van der Waals surface area contributed by atoms with Crippen molar-refractivity contribution in [3.05, 3.63) is 53.7 Å². The normalized spacial score (nSPS) is 17.4. The Bertz CT molecular complexity index is 619. The van der Waals surface area contributed by atoms with Gasteiger partial charge in [0.2, 0.25) is 0 Å². The highest BCUT2D eigenvalue weighted by atomic mass is 16.1. The third-order valence-electron chi connectivity index (χ3n) is 3.61. The monoisotopic (exact) mass is 252 g/mol. The van der Waals surface area contributed by atoms with Gasteiger partial charge in [0.1, 0.15) is 5.82 Å². The summed E-state index contributed by atoms with van der Waals surface area (Å²) in [7, 11) is 0. The molecule has 0 radical (unpaired) electrons. The summed E-state index contributed by atoms with van der Waals surface area (Å²) in [4.78, 5) is 18.0. The number of nitrogens with zero attached hydrogens (tertiary/aromatic N) is 2. The SMILES string of the molecule is CC(=O)c1ccc(N2c3ccccc3CC2C)nc1. The van der Waals surface area contributed by atoms with Crippen LogP contribution in [0.4, 0.5) is 11.5 Å². The fraction of sp³-hybridized carbons (Fsp3) is 0.250. The van der Waals surface area contributed by atoms with E-state index in [0.29, 0.717) is 11.6 Å². The van der Waals surface area contributed by atoms with Crippen molar-refractivity contribution in [2.45, 2.75) is 26.3 Å². The van der Waals surface area contributed by atoms with E-state index in [2.05, 4.69) is 35.0 Å². The number of para-hydroxylation sites is 1. The van der Waals surface area contributed by atoms with Crippen molar-refractivity contribution in [2.75, 3.05) is 4.90 Å². The number of benzene rings is 1. The zero-order valence-corrected chi connectivity index (χ0v) is 11.1. The van der Waals surface area contributed by atoms with Gasteiger partial charge < -0.3 is 4.90 Å². The van der Waals surface area contributed by atoms with Gasteiger partial charge in [-0.25, -0.2) is 4.98 Å². The first-order valence-electron chi connectivity index (χ1n) is 6.51. The van der Waals surface area contributed by atoms with Crippen molar-refractivity contribution in [2.24, 2.45) is 0 Å². The van der Waals surface area contributed by atoms with Gasteiger partial charge in [0.15, 0.2) is 5.78 Å². The zero-order valence-electron chi connectivity index (χ0n) is 11.1. The molecule has 2 aromatic rings. The smallest absolute Gasteiger partial charge is 0.161 e. The molecule has 3 rings (SSSR count). The Balaban J connectivity index is 2.00. The van der Waals surface area contributed by atoms with E-state index < -0.39 is 0 Å². The fourth-order valence-corrected chi connectivity index (χ4v) is 2.65. The molecule has 3 nitrogen and oxygen atoms in total. The Morgan fingerprint density at radius 2 is 2.05 bits per heavy atom. The summed E-state index contributed by atoms with van der Waals surface area (Å²) in [6.07, 6.45) is 2.69. The second kappa shape index (κ2) is 4.50. The van der Waals surface area contributed by atoms with Crippen LogP contribution in [0.5, 0.6) is 0 Å². The molecule has 0 N–H and O–H groups in total. The first-order chi connectivity index (χ1) is 9.16. The van der Waals surface area contributed by atoms with Crippen LogP contribution in [0, 0.1) is 0 Å². The summed E-state index contributed by atoms with van der Waals surface area (Å²) in [6.45, 7) is 3.75. The first kappa shape index (κ1) is 11.9. The number of hydrogen-bond donors (Lipinski definition) is 0. The maximum absolute atomic E-state index is 11.3. The zero-order chi connectivity index (χ0) is 13.4. The standard InChI is InChI=1S/C16H16N2O/c1-11-9-13-5-3-4-6-15(13)18(11)16-8-7-14(10-17-16)12(2)19/h3-8,10-11H,9H2,1-2H3. The third kappa shape index (κ3) is 2.01. The molecule has 0 spiro atoms. The Kier molecular flexibility index (Phi) is 2.82. The van der Waals surface area contributed by atoms with Crippen molar-refractivity contribution >= 4 is 17.3 Å². The van der Waals surface area contributed by atoms with Crippen LogP contribution in [-0.4, -0.2) is 16.8 Å². The van der Waals surface area contributed by atoms with E-state index in [-0.39, 0.29) is 5.78 Å². The number of Topliss-reactive ketones (excluding diaryl/α,β-unsaturated/α-hetero) is 1. The van der Waals surface area contributed by atoms with E-state index >= 15 is 0 Å². The van der Waals surface area contributed by atoms with Gasteiger partial charge in [0.05, 0.1) is 0 Å². The van der Waals surface area contributed by atoms with Crippen LogP contribution >= 0.6 is 0 Å². The van der Waals surface area contributed by atoms with E-state index in [0.717, 1.165) is 12.2 Å². The highest BCUT2D eigenvalue weighted by Gasteiger charge is 2.27. The Morgan fingerprint density at radius 1 is 1.26 bits per heavy atom. The Labute approximate surface area is 112 Å². The number of ketones is 1. The lowest BCUT2D eigenvalue weighted by atomic mass is 10.1. The minimum absolute atomic E-state index is 0.0499. The average molecular weight is 252 g/mol. The molecule has 1 aliphatic heterocycles. The van der Waals surface area contributed by atoms with E-state index in [1.807, 2.05) is 18.2 Å². The number of fused-ring (bicyclic) bond motifs is 1. The summed E-state index contributed by atoms with van der Waals surface area (Å²) in [5.74, 6) is 0.955. The van der Waals surface area contributed by atoms with Crippen LogP contribution < -0.4 is 4.90 Å². The highest BCUT2D eigenvalue weighted by Crippen LogP contribution is 2.36. The number of rotatable bonds is 2. The molecule has 19 heavy (non-hydrogen) atoms. The number of carbonyl (C=O) groups is 1. The van der Waals surface area contributed by atoms with Gasteiger partial charge in [-0.1, -0.05) is 18.2 Å². The number of hydrogen-bond acceptors (Lipinski definition) is 3. The molecule has 0 bridgehead atoms. The van der Waals surface area contributed by atoms with Gasteiger partial charge in [0.25, 0.3) is 0 Å². The van der Waals surface area contributed by atoms with Crippen molar-refractivity contribution in [3.63, 3.8) is 0 Å². The molecule has 0 fully saturated rings. The van der Waals surface area contributed by atoms with E-state index in [4.69, 9.17) is 0 Å². The molecule has 0 aliphatic carbocycles. The van der Waals surface area contributed by atoms with Crippen LogP contribution in [0.1, 0.15) is 29.8 Å². The van der Waals surface area contributed by atoms with E-state index in [1.165, 1.54) is 11.3 Å². The van der Waals surface area contributed by atoms with Crippen LogP contribution in [0.3, 0.4) is 0 Å². The van der Waals surface area contributed by atoms with Gasteiger partial charge >= 0.3 is 0 Å². The molecule has 3 heteroatoms. The van der Waals surface area contributed by atoms with Crippen molar-refractivity contribution in [1.82, 2.24) is 4.98 Å². The first-order valence-corrected chi connectivity index (χ1v) is 6.51. The van der Waals surface area contributed by atoms with Crippen LogP contribution in [-0.2, 0) is 6.42 Å². The summed E-state index contributed by atoms with van der Waals surface area (Å²) in [5, 5.41) is 0.